The lowest BCUT2D eigenvalue weighted by Crippen LogP contribution is -2.49. The van der Waals surface area contributed by atoms with Crippen molar-refractivity contribution in [1.29, 1.82) is 0 Å². The van der Waals surface area contributed by atoms with Crippen LogP contribution in [0.25, 0.3) is 0 Å². The van der Waals surface area contributed by atoms with Crippen LogP contribution in [-0.4, -0.2) is 42.0 Å². The Bertz CT molecular complexity index is 586. The number of nitro groups is 1. The maximum atomic E-state index is 12.3. The molecule has 1 aromatic rings. The Balaban J connectivity index is 1.93. The van der Waals surface area contributed by atoms with Crippen molar-refractivity contribution in [1.82, 2.24) is 4.90 Å². The Morgan fingerprint density at radius 2 is 2.00 bits per heavy atom. The van der Waals surface area contributed by atoms with E-state index in [9.17, 15) is 14.9 Å². The predicted molar refractivity (Wildman–Crippen MR) is 80.5 cm³/mol. The van der Waals surface area contributed by atoms with E-state index >= 15 is 0 Å². The van der Waals surface area contributed by atoms with E-state index in [1.807, 2.05) is 0 Å². The molecule has 2 fully saturated rings. The molecule has 6 heteroatoms. The van der Waals surface area contributed by atoms with Crippen LogP contribution in [0, 0.1) is 16.0 Å². The van der Waals surface area contributed by atoms with Gasteiger partial charge in [0, 0.05) is 30.1 Å². The van der Waals surface area contributed by atoms with Crippen molar-refractivity contribution in [2.45, 2.75) is 37.3 Å². The number of nitro benzene ring substituents is 1. The molecule has 0 spiro atoms. The number of benzene rings is 1. The number of ether oxygens (including phenoxy) is 1. The predicted octanol–water partition coefficient (Wildman–Crippen LogP) is 2.33. The summed E-state index contributed by atoms with van der Waals surface area (Å²) < 4.78 is 5.03. The number of carbonyl (C=O) groups excluding carboxylic acids is 1. The third kappa shape index (κ3) is 2.37. The average Bonchev–Trinajstić information content (AvgIpc) is 2.76. The molecule has 118 valence electrons. The molecule has 2 aliphatic heterocycles. The fraction of sp³-hybridized carbons (Fsp3) is 0.562. The molecule has 0 saturated carbocycles. The molecule has 1 aromatic carbocycles. The Morgan fingerprint density at radius 1 is 1.32 bits per heavy atom. The Morgan fingerprint density at radius 3 is 2.59 bits per heavy atom. The van der Waals surface area contributed by atoms with Crippen LogP contribution >= 0.6 is 0 Å². The van der Waals surface area contributed by atoms with E-state index < -0.39 is 4.92 Å². The summed E-state index contributed by atoms with van der Waals surface area (Å²) in [6.45, 7) is 0. The number of non-ortho nitro benzene ring substituents is 1. The van der Waals surface area contributed by atoms with E-state index in [0.717, 1.165) is 24.8 Å². The first-order chi connectivity index (χ1) is 10.5. The molecule has 2 saturated heterocycles. The molecule has 4 atom stereocenters. The molecule has 3 rings (SSSR count). The van der Waals surface area contributed by atoms with Crippen molar-refractivity contribution in [2.24, 2.45) is 5.92 Å². The van der Waals surface area contributed by atoms with Crippen LogP contribution < -0.4 is 0 Å². The molecule has 22 heavy (non-hydrogen) atoms. The highest BCUT2D eigenvalue weighted by Crippen LogP contribution is 2.46. The van der Waals surface area contributed by atoms with Crippen molar-refractivity contribution in [3.8, 4) is 0 Å². The van der Waals surface area contributed by atoms with Gasteiger partial charge in [-0.25, -0.2) is 0 Å². The molecule has 0 radical (unpaired) electrons. The molecule has 0 amide bonds. The standard InChI is InChI=1S/C16H20N2O4/c1-17-12-7-8-14(17)15(16(19)22-2)13(9-12)10-3-5-11(6-4-10)18(20)21/h3-6,12-15H,7-9H2,1-2H3/t12-,13+,14+,15-/m0/s1. The van der Waals surface area contributed by atoms with Gasteiger partial charge in [0.2, 0.25) is 0 Å². The van der Waals surface area contributed by atoms with Gasteiger partial charge in [-0.3, -0.25) is 19.8 Å². The van der Waals surface area contributed by atoms with Crippen LogP contribution in [0.2, 0.25) is 0 Å². The molecule has 0 unspecified atom stereocenters. The number of nitrogens with zero attached hydrogens (tertiary/aromatic N) is 2. The van der Waals surface area contributed by atoms with Crippen molar-refractivity contribution in [3.05, 3.63) is 39.9 Å². The number of piperidine rings is 1. The van der Waals surface area contributed by atoms with E-state index in [1.54, 1.807) is 12.1 Å². The van der Waals surface area contributed by atoms with Crippen LogP contribution in [0.15, 0.2) is 24.3 Å². The zero-order chi connectivity index (χ0) is 15.9. The van der Waals surface area contributed by atoms with E-state index in [1.165, 1.54) is 19.2 Å². The number of carbonyl (C=O) groups is 1. The Hall–Kier alpha value is -1.95. The van der Waals surface area contributed by atoms with Crippen molar-refractivity contribution in [2.75, 3.05) is 14.2 Å². The number of hydrogen-bond donors (Lipinski definition) is 0. The van der Waals surface area contributed by atoms with Crippen molar-refractivity contribution >= 4 is 11.7 Å². The molecular weight excluding hydrogens is 284 g/mol. The van der Waals surface area contributed by atoms with Crippen LogP contribution in [0.5, 0.6) is 0 Å². The largest absolute Gasteiger partial charge is 0.469 e. The zero-order valence-corrected chi connectivity index (χ0v) is 12.8. The lowest BCUT2D eigenvalue weighted by atomic mass is 9.76. The molecule has 0 aromatic heterocycles. The topological polar surface area (TPSA) is 72.7 Å². The Kier molecular flexibility index (Phi) is 3.87. The second kappa shape index (κ2) is 5.68. The summed E-state index contributed by atoms with van der Waals surface area (Å²) in [6.07, 6.45) is 2.99. The highest BCUT2D eigenvalue weighted by Gasteiger charge is 2.49. The molecule has 2 heterocycles. The maximum Gasteiger partial charge on any atom is 0.310 e. The van der Waals surface area contributed by atoms with Crippen LogP contribution in [0.3, 0.4) is 0 Å². The maximum absolute atomic E-state index is 12.3. The second-order valence-electron chi connectivity index (χ2n) is 6.20. The van der Waals surface area contributed by atoms with Gasteiger partial charge < -0.3 is 4.74 Å². The van der Waals surface area contributed by atoms with Gasteiger partial charge in [-0.1, -0.05) is 12.1 Å². The minimum atomic E-state index is -0.403. The van der Waals surface area contributed by atoms with Crippen LogP contribution in [0.1, 0.15) is 30.7 Å². The summed E-state index contributed by atoms with van der Waals surface area (Å²) in [5, 5.41) is 10.8. The third-order valence-corrected chi connectivity index (χ3v) is 5.27. The van der Waals surface area contributed by atoms with Crippen LogP contribution in [0.4, 0.5) is 5.69 Å². The molecular formula is C16H20N2O4. The SMILES string of the molecule is COC(=O)[C@H]1[C@@H](c2ccc([N+](=O)[O-])cc2)C[C@@H]2CC[C@H]1N2C. The molecule has 2 bridgehead atoms. The number of rotatable bonds is 3. The van der Waals surface area contributed by atoms with Gasteiger partial charge in [0.15, 0.2) is 0 Å². The van der Waals surface area contributed by atoms with Gasteiger partial charge in [-0.2, -0.15) is 0 Å². The van der Waals surface area contributed by atoms with E-state index in [0.29, 0.717) is 6.04 Å². The number of fused-ring (bicyclic) bond motifs is 2. The van der Waals surface area contributed by atoms with E-state index in [2.05, 4.69) is 11.9 Å². The molecule has 6 nitrogen and oxygen atoms in total. The highest BCUT2D eigenvalue weighted by molar-refractivity contribution is 5.75. The second-order valence-corrected chi connectivity index (χ2v) is 6.20. The molecule has 2 aliphatic rings. The van der Waals surface area contributed by atoms with Gasteiger partial charge in [-0.05, 0) is 31.9 Å². The normalized spacial score (nSPS) is 31.0. The van der Waals surface area contributed by atoms with Gasteiger partial charge in [0.25, 0.3) is 5.69 Å². The van der Waals surface area contributed by atoms with Gasteiger partial charge in [0.1, 0.15) is 0 Å². The Labute approximate surface area is 129 Å². The van der Waals surface area contributed by atoms with Gasteiger partial charge in [0.05, 0.1) is 18.0 Å². The van der Waals surface area contributed by atoms with Gasteiger partial charge >= 0.3 is 5.97 Å². The third-order valence-electron chi connectivity index (χ3n) is 5.27. The minimum Gasteiger partial charge on any atom is -0.469 e. The lowest BCUT2D eigenvalue weighted by Gasteiger charge is -2.41. The van der Waals surface area contributed by atoms with Gasteiger partial charge in [-0.15, -0.1) is 0 Å². The first-order valence-electron chi connectivity index (χ1n) is 7.57. The zero-order valence-electron chi connectivity index (χ0n) is 12.8. The first kappa shape index (κ1) is 15.0. The fourth-order valence-corrected chi connectivity index (χ4v) is 4.11. The summed E-state index contributed by atoms with van der Waals surface area (Å²) >= 11 is 0. The molecule has 0 N–H and O–H groups in total. The monoisotopic (exact) mass is 304 g/mol. The summed E-state index contributed by atoms with van der Waals surface area (Å²) in [4.78, 5) is 25.0. The summed E-state index contributed by atoms with van der Waals surface area (Å²) in [5.74, 6) is -0.308. The van der Waals surface area contributed by atoms with Crippen molar-refractivity contribution in [3.63, 3.8) is 0 Å². The summed E-state index contributed by atoms with van der Waals surface area (Å²) in [5.41, 5.74) is 1.07. The number of hydrogen-bond acceptors (Lipinski definition) is 5. The lowest BCUT2D eigenvalue weighted by molar-refractivity contribution is -0.384. The number of esters is 1. The smallest absolute Gasteiger partial charge is 0.310 e. The highest BCUT2D eigenvalue weighted by atomic mass is 16.6. The van der Waals surface area contributed by atoms with E-state index in [-0.39, 0.29) is 29.5 Å². The van der Waals surface area contributed by atoms with E-state index in [4.69, 9.17) is 4.74 Å². The van der Waals surface area contributed by atoms with Crippen molar-refractivity contribution < 1.29 is 14.5 Å². The minimum absolute atomic E-state index is 0.0713. The number of methoxy groups -OCH3 is 1. The quantitative estimate of drug-likeness (QED) is 0.487. The average molecular weight is 304 g/mol. The summed E-state index contributed by atoms with van der Waals surface area (Å²) in [7, 11) is 3.50. The fourth-order valence-electron chi connectivity index (χ4n) is 4.11. The van der Waals surface area contributed by atoms with Crippen LogP contribution in [-0.2, 0) is 9.53 Å². The first-order valence-corrected chi connectivity index (χ1v) is 7.57. The molecule has 0 aliphatic carbocycles. The summed E-state index contributed by atoms with van der Waals surface area (Å²) in [6, 6.07) is 7.28.